The van der Waals surface area contributed by atoms with Gasteiger partial charge in [-0.15, -0.1) is 6.58 Å². The lowest BCUT2D eigenvalue weighted by Crippen LogP contribution is -2.56. The smallest absolute Gasteiger partial charge is 0.293 e. The molecule has 0 radical (unpaired) electrons. The molecule has 0 spiro atoms. The number of carbonyl (C=O) groups is 1. The van der Waals surface area contributed by atoms with Gasteiger partial charge in [-0.1, -0.05) is 6.08 Å². The van der Waals surface area contributed by atoms with E-state index in [0.29, 0.717) is 0 Å². The van der Waals surface area contributed by atoms with Crippen LogP contribution in [0.15, 0.2) is 12.7 Å². The van der Waals surface area contributed by atoms with Crippen LogP contribution in [-0.4, -0.2) is 23.8 Å². The summed E-state index contributed by atoms with van der Waals surface area (Å²) < 4.78 is 84.5. The SMILES string of the molecule is C=CCCC(=O)C(F)(F)C(F)(F)C(F)(F)F. The van der Waals surface area contributed by atoms with Gasteiger partial charge in [0.1, 0.15) is 0 Å². The lowest BCUT2D eigenvalue weighted by Gasteiger charge is -2.26. The number of hydrogen-bond acceptors (Lipinski definition) is 1. The van der Waals surface area contributed by atoms with E-state index in [9.17, 15) is 35.5 Å². The summed E-state index contributed by atoms with van der Waals surface area (Å²) in [5.41, 5.74) is 0. The summed E-state index contributed by atoms with van der Waals surface area (Å²) >= 11 is 0. The number of ketones is 1. The van der Waals surface area contributed by atoms with Gasteiger partial charge in [0.25, 0.3) is 0 Å². The Balaban J connectivity index is 5.03. The Hall–Kier alpha value is -1.08. The van der Waals surface area contributed by atoms with Crippen LogP contribution in [0.4, 0.5) is 30.7 Å². The summed E-state index contributed by atoms with van der Waals surface area (Å²) in [6.45, 7) is 3.02. The summed E-state index contributed by atoms with van der Waals surface area (Å²) in [4.78, 5) is 10.5. The van der Waals surface area contributed by atoms with E-state index in [1.54, 1.807) is 0 Å². The van der Waals surface area contributed by atoms with Crippen LogP contribution in [0.25, 0.3) is 0 Å². The van der Waals surface area contributed by atoms with Crippen LogP contribution in [0, 0.1) is 0 Å². The fourth-order valence-corrected chi connectivity index (χ4v) is 0.743. The van der Waals surface area contributed by atoms with Crippen molar-refractivity contribution in [1.29, 1.82) is 0 Å². The highest BCUT2D eigenvalue weighted by atomic mass is 19.4. The van der Waals surface area contributed by atoms with Crippen molar-refractivity contribution in [3.05, 3.63) is 12.7 Å². The fraction of sp³-hybridized carbons (Fsp3) is 0.625. The predicted octanol–water partition coefficient (Wildman–Crippen LogP) is 3.35. The number of carbonyl (C=O) groups excluding carboxylic acids is 1. The van der Waals surface area contributed by atoms with Crippen molar-refractivity contribution in [1.82, 2.24) is 0 Å². The van der Waals surface area contributed by atoms with E-state index in [-0.39, 0.29) is 0 Å². The maximum atomic E-state index is 12.6. The van der Waals surface area contributed by atoms with E-state index in [4.69, 9.17) is 0 Å². The first-order chi connectivity index (χ1) is 6.98. The minimum Gasteiger partial charge on any atom is -0.293 e. The lowest BCUT2D eigenvalue weighted by atomic mass is 10.0. The van der Waals surface area contributed by atoms with E-state index in [1.807, 2.05) is 0 Å². The van der Waals surface area contributed by atoms with Crippen molar-refractivity contribution >= 4 is 5.78 Å². The molecule has 0 aromatic rings. The first kappa shape index (κ1) is 14.9. The molecule has 0 amide bonds. The van der Waals surface area contributed by atoms with Crippen LogP contribution in [0.2, 0.25) is 0 Å². The number of rotatable bonds is 5. The minimum absolute atomic E-state index is 0.400. The van der Waals surface area contributed by atoms with Gasteiger partial charge in [0.05, 0.1) is 0 Å². The highest BCUT2D eigenvalue weighted by Gasteiger charge is 2.75. The molecule has 16 heavy (non-hydrogen) atoms. The molecule has 0 aromatic carbocycles. The molecule has 0 aliphatic heterocycles. The Morgan fingerprint density at radius 3 is 1.81 bits per heavy atom. The number of hydrogen-bond donors (Lipinski definition) is 0. The third-order valence-electron chi connectivity index (χ3n) is 1.68. The van der Waals surface area contributed by atoms with Gasteiger partial charge < -0.3 is 0 Å². The molecule has 0 rings (SSSR count). The summed E-state index contributed by atoms with van der Waals surface area (Å²) in [5, 5.41) is 0. The molecule has 0 bridgehead atoms. The molecule has 0 saturated heterocycles. The third kappa shape index (κ3) is 2.53. The van der Waals surface area contributed by atoms with Crippen LogP contribution in [0.5, 0.6) is 0 Å². The average Bonchev–Trinajstić information content (AvgIpc) is 2.11. The standard InChI is InChI=1S/C8H7F7O/c1-2-3-4-5(16)6(9,10)7(11,12)8(13,14)15/h2H,1,3-4H2. The number of allylic oxidation sites excluding steroid dienone is 1. The molecule has 94 valence electrons. The van der Waals surface area contributed by atoms with Crippen LogP contribution in [0.3, 0.4) is 0 Å². The van der Waals surface area contributed by atoms with E-state index in [1.165, 1.54) is 0 Å². The van der Waals surface area contributed by atoms with Gasteiger partial charge in [-0.25, -0.2) is 0 Å². The maximum Gasteiger partial charge on any atom is 0.460 e. The van der Waals surface area contributed by atoms with Gasteiger partial charge in [0.2, 0.25) is 5.78 Å². The Bertz CT molecular complexity index is 279. The zero-order valence-corrected chi connectivity index (χ0v) is 7.75. The predicted molar refractivity (Wildman–Crippen MR) is 40.4 cm³/mol. The molecule has 1 nitrogen and oxygen atoms in total. The van der Waals surface area contributed by atoms with Crippen molar-refractivity contribution in [3.8, 4) is 0 Å². The van der Waals surface area contributed by atoms with Crippen molar-refractivity contribution < 1.29 is 35.5 Å². The van der Waals surface area contributed by atoms with E-state index < -0.39 is 36.6 Å². The maximum absolute atomic E-state index is 12.6. The number of halogens is 7. The van der Waals surface area contributed by atoms with Gasteiger partial charge in [0.15, 0.2) is 0 Å². The second-order valence-corrected chi connectivity index (χ2v) is 2.90. The van der Waals surface area contributed by atoms with Crippen LogP contribution in [0.1, 0.15) is 12.8 Å². The summed E-state index contributed by atoms with van der Waals surface area (Å²) in [6, 6.07) is 0. The van der Waals surface area contributed by atoms with Gasteiger partial charge in [-0.05, 0) is 6.42 Å². The molecule has 8 heteroatoms. The molecule has 0 aliphatic carbocycles. The molecule has 0 aliphatic rings. The van der Waals surface area contributed by atoms with Gasteiger partial charge in [-0.2, -0.15) is 30.7 Å². The lowest BCUT2D eigenvalue weighted by molar-refractivity contribution is -0.343. The fourth-order valence-electron chi connectivity index (χ4n) is 0.743. The minimum atomic E-state index is -6.47. The molecule has 0 atom stereocenters. The highest BCUT2D eigenvalue weighted by Crippen LogP contribution is 2.47. The van der Waals surface area contributed by atoms with Gasteiger partial charge in [0, 0.05) is 6.42 Å². The summed E-state index contributed by atoms with van der Waals surface area (Å²) in [6.07, 6.45) is -7.04. The zero-order valence-electron chi connectivity index (χ0n) is 7.75. The number of alkyl halides is 7. The number of Topliss-reactive ketones (excluding diaryl/α,β-unsaturated/α-hetero) is 1. The van der Waals surface area contributed by atoms with Crippen molar-refractivity contribution in [2.75, 3.05) is 0 Å². The van der Waals surface area contributed by atoms with E-state index in [2.05, 4.69) is 6.58 Å². The first-order valence-electron chi connectivity index (χ1n) is 3.95. The van der Waals surface area contributed by atoms with Crippen molar-refractivity contribution in [2.45, 2.75) is 30.9 Å². The van der Waals surface area contributed by atoms with E-state index in [0.717, 1.165) is 6.08 Å². The van der Waals surface area contributed by atoms with Gasteiger partial charge in [-0.3, -0.25) is 4.79 Å². The topological polar surface area (TPSA) is 17.1 Å². The normalized spacial score (nSPS) is 13.7. The second-order valence-electron chi connectivity index (χ2n) is 2.90. The monoisotopic (exact) mass is 252 g/mol. The molecule has 0 fully saturated rings. The Kier molecular flexibility index (Phi) is 4.12. The summed E-state index contributed by atoms with van der Waals surface area (Å²) in [7, 11) is 0. The molecule has 0 heterocycles. The van der Waals surface area contributed by atoms with Crippen LogP contribution >= 0.6 is 0 Å². The van der Waals surface area contributed by atoms with Crippen LogP contribution in [-0.2, 0) is 4.79 Å². The molecular weight excluding hydrogens is 245 g/mol. The molecule has 0 N–H and O–H groups in total. The highest BCUT2D eigenvalue weighted by molar-refractivity contribution is 5.87. The average molecular weight is 252 g/mol. The largest absolute Gasteiger partial charge is 0.460 e. The quantitative estimate of drug-likeness (QED) is 0.541. The Morgan fingerprint density at radius 1 is 1.06 bits per heavy atom. The molecule has 0 unspecified atom stereocenters. The third-order valence-corrected chi connectivity index (χ3v) is 1.68. The van der Waals surface area contributed by atoms with Crippen molar-refractivity contribution in [3.63, 3.8) is 0 Å². The second kappa shape index (κ2) is 4.42. The molecular formula is C8H7F7O. The van der Waals surface area contributed by atoms with E-state index >= 15 is 0 Å². The van der Waals surface area contributed by atoms with Crippen molar-refractivity contribution in [2.24, 2.45) is 0 Å². The van der Waals surface area contributed by atoms with Gasteiger partial charge >= 0.3 is 18.0 Å². The zero-order chi connectivity index (χ0) is 13.2. The Morgan fingerprint density at radius 2 is 1.50 bits per heavy atom. The Labute approximate surface area is 85.9 Å². The molecule has 0 saturated carbocycles. The van der Waals surface area contributed by atoms with Crippen LogP contribution < -0.4 is 0 Å². The first-order valence-corrected chi connectivity index (χ1v) is 3.95. The molecule has 0 aromatic heterocycles. The summed E-state index contributed by atoms with van der Waals surface area (Å²) in [5.74, 6) is -14.6.